The van der Waals surface area contributed by atoms with E-state index in [1.807, 2.05) is 13.8 Å². The lowest BCUT2D eigenvalue weighted by Crippen LogP contribution is -2.46. The van der Waals surface area contributed by atoms with Crippen LogP contribution in [0, 0.1) is 0 Å². The van der Waals surface area contributed by atoms with Gasteiger partial charge in [0.25, 0.3) is 5.91 Å². The summed E-state index contributed by atoms with van der Waals surface area (Å²) < 4.78 is 5.23. The van der Waals surface area contributed by atoms with Gasteiger partial charge in [-0.1, -0.05) is 0 Å². The molecule has 1 unspecified atom stereocenters. The van der Waals surface area contributed by atoms with Crippen LogP contribution in [-0.4, -0.2) is 47.3 Å². The van der Waals surface area contributed by atoms with Crippen molar-refractivity contribution in [2.45, 2.75) is 46.3 Å². The van der Waals surface area contributed by atoms with Gasteiger partial charge in [0.2, 0.25) is 0 Å². The van der Waals surface area contributed by atoms with E-state index in [2.05, 4.69) is 0 Å². The van der Waals surface area contributed by atoms with Crippen LogP contribution >= 0.6 is 0 Å². The first-order chi connectivity index (χ1) is 6.81. The van der Waals surface area contributed by atoms with Gasteiger partial charge in [0.1, 0.15) is 6.10 Å². The molecule has 1 N–H and O–H groups in total. The zero-order chi connectivity index (χ0) is 12.1. The molecule has 0 aliphatic carbocycles. The molecule has 1 atom stereocenters. The molecule has 0 aromatic heterocycles. The average Bonchev–Trinajstić information content (AvgIpc) is 2.12. The maximum atomic E-state index is 11.8. The first-order valence-electron chi connectivity index (χ1n) is 5.44. The van der Waals surface area contributed by atoms with Gasteiger partial charge in [-0.25, -0.2) is 0 Å². The van der Waals surface area contributed by atoms with Crippen LogP contribution in [0.3, 0.4) is 0 Å². The molecule has 0 rings (SSSR count). The summed E-state index contributed by atoms with van der Waals surface area (Å²) in [5.74, 6) is -0.0681. The van der Waals surface area contributed by atoms with E-state index in [1.165, 1.54) is 0 Å². The number of carbonyl (C=O) groups is 1. The molecule has 4 heteroatoms. The van der Waals surface area contributed by atoms with Crippen LogP contribution in [0.25, 0.3) is 0 Å². The fourth-order valence-corrected chi connectivity index (χ4v) is 1.39. The molecule has 90 valence electrons. The third kappa shape index (κ3) is 5.74. The van der Waals surface area contributed by atoms with Crippen LogP contribution in [-0.2, 0) is 9.53 Å². The maximum absolute atomic E-state index is 11.8. The van der Waals surface area contributed by atoms with Crippen molar-refractivity contribution in [3.63, 3.8) is 0 Å². The second-order valence-corrected chi connectivity index (χ2v) is 4.26. The second-order valence-electron chi connectivity index (χ2n) is 4.26. The smallest absolute Gasteiger partial charge is 0.251 e. The summed E-state index contributed by atoms with van der Waals surface area (Å²) in [6, 6.07) is 0. The van der Waals surface area contributed by atoms with E-state index in [0.717, 1.165) is 0 Å². The van der Waals surface area contributed by atoms with Gasteiger partial charge in [0.05, 0.1) is 5.60 Å². The van der Waals surface area contributed by atoms with Crippen LogP contribution in [0.1, 0.15) is 34.6 Å². The average molecular weight is 217 g/mol. The van der Waals surface area contributed by atoms with Gasteiger partial charge in [-0.05, 0) is 34.6 Å². The number of rotatable bonds is 6. The Kier molecular flexibility index (Phi) is 5.83. The van der Waals surface area contributed by atoms with Crippen molar-refractivity contribution in [2.75, 3.05) is 19.7 Å². The Balaban J connectivity index is 4.34. The summed E-state index contributed by atoms with van der Waals surface area (Å²) in [5.41, 5.74) is -0.863. The lowest BCUT2D eigenvalue weighted by Gasteiger charge is -2.30. The standard InChI is InChI=1S/C11H23NO3/c1-6-12(8-11(4,5)14)10(13)9(3)15-7-2/h9,14H,6-8H2,1-5H3. The van der Waals surface area contributed by atoms with Crippen molar-refractivity contribution < 1.29 is 14.6 Å². The van der Waals surface area contributed by atoms with Crippen molar-refractivity contribution in [1.82, 2.24) is 4.90 Å². The van der Waals surface area contributed by atoms with Crippen LogP contribution in [0.4, 0.5) is 0 Å². The van der Waals surface area contributed by atoms with E-state index in [1.54, 1.807) is 25.7 Å². The van der Waals surface area contributed by atoms with Crippen LogP contribution < -0.4 is 0 Å². The van der Waals surface area contributed by atoms with E-state index in [0.29, 0.717) is 19.7 Å². The normalized spacial score (nSPS) is 13.7. The molecular formula is C11H23NO3. The molecule has 0 spiro atoms. The SMILES string of the molecule is CCOC(C)C(=O)N(CC)CC(C)(C)O. The Morgan fingerprint density at radius 1 is 1.47 bits per heavy atom. The highest BCUT2D eigenvalue weighted by Crippen LogP contribution is 2.07. The molecule has 0 saturated carbocycles. The maximum Gasteiger partial charge on any atom is 0.251 e. The number of hydrogen-bond donors (Lipinski definition) is 1. The first-order valence-corrected chi connectivity index (χ1v) is 5.44. The number of amides is 1. The zero-order valence-electron chi connectivity index (χ0n) is 10.4. The molecule has 0 heterocycles. The third-order valence-corrected chi connectivity index (χ3v) is 2.04. The Bertz CT molecular complexity index is 198. The highest BCUT2D eigenvalue weighted by atomic mass is 16.5. The Morgan fingerprint density at radius 2 is 2.00 bits per heavy atom. The van der Waals surface area contributed by atoms with Gasteiger partial charge >= 0.3 is 0 Å². The lowest BCUT2D eigenvalue weighted by molar-refractivity contribution is -0.145. The summed E-state index contributed by atoms with van der Waals surface area (Å²) in [6.45, 7) is 10.3. The highest BCUT2D eigenvalue weighted by molar-refractivity contribution is 5.80. The number of aliphatic hydroxyl groups is 1. The summed E-state index contributed by atoms with van der Waals surface area (Å²) in [6.07, 6.45) is -0.433. The zero-order valence-corrected chi connectivity index (χ0v) is 10.4. The van der Waals surface area contributed by atoms with Crippen molar-refractivity contribution in [3.8, 4) is 0 Å². The number of ether oxygens (including phenoxy) is 1. The summed E-state index contributed by atoms with van der Waals surface area (Å²) in [7, 11) is 0. The Morgan fingerprint density at radius 3 is 2.33 bits per heavy atom. The molecule has 0 fully saturated rings. The van der Waals surface area contributed by atoms with Gasteiger partial charge < -0.3 is 14.7 Å². The summed E-state index contributed by atoms with van der Waals surface area (Å²) in [5, 5.41) is 9.65. The number of nitrogens with zero attached hydrogens (tertiary/aromatic N) is 1. The van der Waals surface area contributed by atoms with Crippen molar-refractivity contribution >= 4 is 5.91 Å². The molecule has 0 aliphatic rings. The fraction of sp³-hybridized carbons (Fsp3) is 0.909. The number of likely N-dealkylation sites (N-methyl/N-ethyl adjacent to an activating group) is 1. The van der Waals surface area contributed by atoms with Crippen LogP contribution in [0.5, 0.6) is 0 Å². The summed E-state index contributed by atoms with van der Waals surface area (Å²) >= 11 is 0. The lowest BCUT2D eigenvalue weighted by atomic mass is 10.1. The van der Waals surface area contributed by atoms with E-state index in [4.69, 9.17) is 4.74 Å². The predicted molar refractivity (Wildman–Crippen MR) is 59.6 cm³/mol. The van der Waals surface area contributed by atoms with Crippen LogP contribution in [0.15, 0.2) is 0 Å². The minimum Gasteiger partial charge on any atom is -0.389 e. The fourth-order valence-electron chi connectivity index (χ4n) is 1.39. The Labute approximate surface area is 92.2 Å². The molecule has 4 nitrogen and oxygen atoms in total. The molecular weight excluding hydrogens is 194 g/mol. The van der Waals surface area contributed by atoms with Crippen molar-refractivity contribution in [1.29, 1.82) is 0 Å². The molecule has 1 amide bonds. The predicted octanol–water partition coefficient (Wildman–Crippen LogP) is 1.03. The molecule has 0 aliphatic heterocycles. The largest absolute Gasteiger partial charge is 0.389 e. The van der Waals surface area contributed by atoms with E-state index >= 15 is 0 Å². The molecule has 0 saturated heterocycles. The van der Waals surface area contributed by atoms with E-state index in [9.17, 15) is 9.90 Å². The topological polar surface area (TPSA) is 49.8 Å². The van der Waals surface area contributed by atoms with Gasteiger partial charge in [-0.2, -0.15) is 0 Å². The quantitative estimate of drug-likeness (QED) is 0.723. The molecule has 0 radical (unpaired) electrons. The third-order valence-electron chi connectivity index (χ3n) is 2.04. The van der Waals surface area contributed by atoms with Gasteiger partial charge in [-0.15, -0.1) is 0 Å². The van der Waals surface area contributed by atoms with Gasteiger partial charge in [-0.3, -0.25) is 4.79 Å². The van der Waals surface area contributed by atoms with E-state index < -0.39 is 11.7 Å². The first kappa shape index (κ1) is 14.4. The second kappa shape index (κ2) is 6.08. The number of carbonyl (C=O) groups excluding carboxylic acids is 1. The molecule has 0 aromatic carbocycles. The van der Waals surface area contributed by atoms with E-state index in [-0.39, 0.29) is 5.91 Å². The van der Waals surface area contributed by atoms with Crippen LogP contribution in [0.2, 0.25) is 0 Å². The van der Waals surface area contributed by atoms with Crippen molar-refractivity contribution in [2.24, 2.45) is 0 Å². The Hall–Kier alpha value is -0.610. The number of hydrogen-bond acceptors (Lipinski definition) is 3. The molecule has 0 bridgehead atoms. The van der Waals surface area contributed by atoms with Gasteiger partial charge in [0, 0.05) is 19.7 Å². The molecule has 15 heavy (non-hydrogen) atoms. The highest BCUT2D eigenvalue weighted by Gasteiger charge is 2.24. The summed E-state index contributed by atoms with van der Waals surface area (Å²) in [4.78, 5) is 13.4. The minimum atomic E-state index is -0.863. The van der Waals surface area contributed by atoms with Gasteiger partial charge in [0.15, 0.2) is 0 Å². The minimum absolute atomic E-state index is 0.0681. The molecule has 0 aromatic rings. The van der Waals surface area contributed by atoms with Crippen molar-refractivity contribution in [3.05, 3.63) is 0 Å². The monoisotopic (exact) mass is 217 g/mol.